The van der Waals surface area contributed by atoms with Crippen LogP contribution in [-0.2, 0) is 10.0 Å². The Labute approximate surface area is 105 Å². The third-order valence-corrected chi connectivity index (χ3v) is 2.54. The Morgan fingerprint density at radius 1 is 1.53 bits per heavy atom. The van der Waals surface area contributed by atoms with Crippen molar-refractivity contribution in [3.63, 3.8) is 0 Å². The summed E-state index contributed by atoms with van der Waals surface area (Å²) in [5.41, 5.74) is 3.70. The fourth-order valence-corrected chi connectivity index (χ4v) is 1.79. The average Bonchev–Trinajstić information content (AvgIpc) is 2.18. The van der Waals surface area contributed by atoms with Gasteiger partial charge in [0.15, 0.2) is 0 Å². The van der Waals surface area contributed by atoms with Crippen LogP contribution in [0.15, 0.2) is 18.2 Å². The molecule has 0 saturated heterocycles. The molecule has 98 valence electrons. The summed E-state index contributed by atoms with van der Waals surface area (Å²) in [5.74, 6) is -0.588. The van der Waals surface area contributed by atoms with Gasteiger partial charge in [0.2, 0.25) is 10.0 Å². The lowest BCUT2D eigenvalue weighted by molar-refractivity contribution is -0.385. The number of aliphatic hydroxyl groups is 1. The first kappa shape index (κ1) is 16.1. The van der Waals surface area contributed by atoms with E-state index in [2.05, 4.69) is 10.5 Å². The second kappa shape index (κ2) is 6.15. The molecule has 0 bridgehead atoms. The van der Waals surface area contributed by atoms with Crippen molar-refractivity contribution >= 4 is 15.7 Å². The molecule has 8 heteroatoms. The Morgan fingerprint density at radius 3 is 2.59 bits per heavy atom. The van der Waals surface area contributed by atoms with Crippen LogP contribution >= 0.6 is 0 Å². The summed E-state index contributed by atoms with van der Waals surface area (Å²) < 4.78 is 37.4. The average molecular weight is 287 g/mol. The summed E-state index contributed by atoms with van der Waals surface area (Å²) >= 11 is 0. The molecule has 0 unspecified atom stereocenters. The Bertz CT molecular complexity index is 481. The predicted molar refractivity (Wildman–Crippen MR) is 57.6 cm³/mol. The van der Waals surface area contributed by atoms with E-state index in [4.69, 9.17) is 0 Å². The van der Waals surface area contributed by atoms with Crippen molar-refractivity contribution in [1.29, 1.82) is 0 Å². The van der Waals surface area contributed by atoms with Crippen molar-refractivity contribution < 1.29 is 36.1 Å². The first-order valence-electron chi connectivity index (χ1n) is 4.58. The summed E-state index contributed by atoms with van der Waals surface area (Å²) in [7, 11) is -3.41. The van der Waals surface area contributed by atoms with Gasteiger partial charge in [-0.1, -0.05) is 0 Å². The minimum absolute atomic E-state index is 0. The molecule has 5 N–H and O–H groups in total. The quantitative estimate of drug-likeness (QED) is 0.536. The number of benzene rings is 1. The Kier molecular flexibility index (Phi) is 5.83. The van der Waals surface area contributed by atoms with E-state index in [1.807, 2.05) is 0 Å². The standard InChI is InChI=1S/C9H13FN2O3S.ClH/c1-16(14,15)12-6-2-3-8(10)7(4-6)9(13)5-11;/h2-4,9,12-13H,5,11H2,1H3;1H/t9-;/m0./s1/i5+2;. The van der Waals surface area contributed by atoms with Gasteiger partial charge in [0, 0.05) is 11.3 Å². The molecule has 1 rings (SSSR count). The van der Waals surface area contributed by atoms with Crippen molar-refractivity contribution in [2.75, 3.05) is 17.5 Å². The number of hydrogen-bond donors (Lipinski definition) is 3. The highest BCUT2D eigenvalue weighted by atomic mass is 35.5. The van der Waals surface area contributed by atoms with Gasteiger partial charge in [-0.15, -0.1) is 0 Å². The minimum atomic E-state index is -3.41. The topological polar surface area (TPSA) is 94.0 Å². The number of hydrogen-bond acceptors (Lipinski definition) is 3. The molecular weight excluding hydrogens is 273 g/mol. The van der Waals surface area contributed by atoms with E-state index in [0.29, 0.717) is 0 Å². The lowest BCUT2D eigenvalue weighted by Crippen LogP contribution is -3.00. The van der Waals surface area contributed by atoms with Crippen LogP contribution in [0.4, 0.5) is 10.1 Å². The zero-order chi connectivity index (χ0) is 12.3. The molecule has 0 aliphatic heterocycles. The summed E-state index contributed by atoms with van der Waals surface area (Å²) in [6.07, 6.45) is -0.0466. The Balaban J connectivity index is 0.00000256. The summed E-state index contributed by atoms with van der Waals surface area (Å²) in [6, 6.07) is 3.64. The lowest BCUT2D eigenvalue weighted by atomic mass is 10.1. The summed E-state index contributed by atoms with van der Waals surface area (Å²) in [4.78, 5) is 0. The van der Waals surface area contributed by atoms with E-state index in [1.54, 1.807) is 0 Å². The van der Waals surface area contributed by atoms with E-state index >= 15 is 0 Å². The number of quaternary nitrogens is 1. The SMILES string of the molecule is CS(=O)(=O)Nc1ccc(F)c([C@@H](O)[14CH2][NH3+])c1.[Cl-]. The van der Waals surface area contributed by atoms with Crippen LogP contribution in [0.3, 0.4) is 0 Å². The largest absolute Gasteiger partial charge is 1.00 e. The first-order valence-corrected chi connectivity index (χ1v) is 6.47. The molecule has 0 aromatic heterocycles. The number of nitrogens with one attached hydrogen (secondary N) is 1. The molecule has 0 saturated carbocycles. The molecular formula is C9H14ClFN2O3S. The van der Waals surface area contributed by atoms with Gasteiger partial charge in [0.1, 0.15) is 18.5 Å². The monoisotopic (exact) mass is 286 g/mol. The Hall–Kier alpha value is -0.890. The number of halogens is 2. The maximum atomic E-state index is 13.3. The van der Waals surface area contributed by atoms with Gasteiger partial charge in [-0.05, 0) is 18.2 Å². The minimum Gasteiger partial charge on any atom is -1.00 e. The normalized spacial score (nSPS) is 12.7. The predicted octanol–water partition coefficient (Wildman–Crippen LogP) is -3.52. The van der Waals surface area contributed by atoms with Crippen molar-refractivity contribution in [3.05, 3.63) is 29.6 Å². The van der Waals surface area contributed by atoms with Crippen molar-refractivity contribution in [2.45, 2.75) is 6.10 Å². The zero-order valence-electron chi connectivity index (χ0n) is 9.15. The molecule has 0 fully saturated rings. The third-order valence-electron chi connectivity index (χ3n) is 1.93. The first-order chi connectivity index (χ1) is 7.33. The van der Waals surface area contributed by atoms with Gasteiger partial charge < -0.3 is 23.2 Å². The summed E-state index contributed by atoms with van der Waals surface area (Å²) in [5, 5.41) is 9.45. The maximum absolute atomic E-state index is 13.3. The van der Waals surface area contributed by atoms with Crippen LogP contribution in [0.25, 0.3) is 0 Å². The molecule has 0 radical (unpaired) electrons. The second-order valence-corrected chi connectivity index (χ2v) is 5.16. The molecule has 0 aliphatic carbocycles. The van der Waals surface area contributed by atoms with Gasteiger partial charge >= 0.3 is 0 Å². The molecule has 17 heavy (non-hydrogen) atoms. The zero-order valence-corrected chi connectivity index (χ0v) is 10.7. The van der Waals surface area contributed by atoms with E-state index in [9.17, 15) is 17.9 Å². The van der Waals surface area contributed by atoms with Crippen molar-refractivity contribution in [2.24, 2.45) is 0 Å². The van der Waals surface area contributed by atoms with E-state index in [1.165, 1.54) is 12.1 Å². The molecule has 0 spiro atoms. The van der Waals surface area contributed by atoms with Gasteiger partial charge in [0.05, 0.1) is 6.26 Å². The number of rotatable bonds is 4. The molecule has 1 atom stereocenters. The fraction of sp³-hybridized carbons (Fsp3) is 0.333. The van der Waals surface area contributed by atoms with Crippen molar-refractivity contribution in [1.82, 2.24) is 0 Å². The van der Waals surface area contributed by atoms with Gasteiger partial charge in [0.25, 0.3) is 0 Å². The second-order valence-electron chi connectivity index (χ2n) is 3.41. The molecule has 0 aliphatic rings. The molecule has 1 aromatic carbocycles. The van der Waals surface area contributed by atoms with E-state index in [-0.39, 0.29) is 30.2 Å². The number of aliphatic hydroxyl groups excluding tert-OH is 1. The van der Waals surface area contributed by atoms with Gasteiger partial charge in [-0.25, -0.2) is 12.8 Å². The van der Waals surface area contributed by atoms with E-state index in [0.717, 1.165) is 12.3 Å². The highest BCUT2D eigenvalue weighted by Gasteiger charge is 2.14. The van der Waals surface area contributed by atoms with Crippen LogP contribution in [0.1, 0.15) is 11.7 Å². The van der Waals surface area contributed by atoms with Crippen LogP contribution < -0.4 is 22.9 Å². The van der Waals surface area contributed by atoms with E-state index < -0.39 is 21.9 Å². The summed E-state index contributed by atoms with van der Waals surface area (Å²) in [6.45, 7) is 0.110. The lowest BCUT2D eigenvalue weighted by Gasteiger charge is -2.10. The smallest absolute Gasteiger partial charge is 0.229 e. The highest BCUT2D eigenvalue weighted by molar-refractivity contribution is 7.92. The molecule has 0 heterocycles. The van der Waals surface area contributed by atoms with Gasteiger partial charge in [-0.3, -0.25) is 4.72 Å². The fourth-order valence-electron chi connectivity index (χ4n) is 1.23. The van der Waals surface area contributed by atoms with Crippen LogP contribution in [0.5, 0.6) is 0 Å². The van der Waals surface area contributed by atoms with Crippen LogP contribution in [0.2, 0.25) is 0 Å². The number of sulfonamides is 1. The van der Waals surface area contributed by atoms with Crippen molar-refractivity contribution in [3.8, 4) is 0 Å². The maximum Gasteiger partial charge on any atom is 0.229 e. The molecule has 5 nitrogen and oxygen atoms in total. The highest BCUT2D eigenvalue weighted by Crippen LogP contribution is 2.20. The Morgan fingerprint density at radius 2 is 2.12 bits per heavy atom. The van der Waals surface area contributed by atoms with Crippen LogP contribution in [-0.4, -0.2) is 26.3 Å². The molecule has 1 aromatic rings. The third kappa shape index (κ3) is 4.86. The van der Waals surface area contributed by atoms with Crippen LogP contribution in [0, 0.1) is 5.82 Å². The van der Waals surface area contributed by atoms with Gasteiger partial charge in [-0.2, -0.15) is 0 Å². The number of anilines is 1. The molecule has 0 amide bonds.